The summed E-state index contributed by atoms with van der Waals surface area (Å²) in [5.41, 5.74) is 2.06. The fourth-order valence-corrected chi connectivity index (χ4v) is 5.01. The number of nitrogens with one attached hydrogen (secondary N) is 2. The van der Waals surface area contributed by atoms with Gasteiger partial charge in [0.2, 0.25) is 0 Å². The van der Waals surface area contributed by atoms with Crippen molar-refractivity contribution in [1.82, 2.24) is 25.3 Å². The average molecular weight is 396 g/mol. The van der Waals surface area contributed by atoms with Crippen LogP contribution in [0.25, 0.3) is 10.9 Å². The number of benzene rings is 1. The van der Waals surface area contributed by atoms with E-state index in [4.69, 9.17) is 0 Å². The summed E-state index contributed by atoms with van der Waals surface area (Å²) in [5, 5.41) is 11.3. The fourth-order valence-electron chi connectivity index (χ4n) is 5.01. The molecule has 0 unspecified atom stereocenters. The molecule has 0 spiro atoms. The number of carbonyl (C=O) groups is 2. The van der Waals surface area contributed by atoms with Crippen LogP contribution in [-0.2, 0) is 0 Å². The van der Waals surface area contributed by atoms with Crippen molar-refractivity contribution in [2.45, 2.75) is 32.2 Å². The molecule has 2 bridgehead atoms. The number of H-pyrrole nitrogens is 1. The van der Waals surface area contributed by atoms with Crippen molar-refractivity contribution in [3.8, 4) is 0 Å². The first kappa shape index (κ1) is 18.4. The number of carbonyl (C=O) groups excluding carboxylic acids is 2. The molecule has 4 fully saturated rings. The van der Waals surface area contributed by atoms with Crippen LogP contribution >= 0.6 is 0 Å². The van der Waals surface area contributed by atoms with Crippen LogP contribution in [0.5, 0.6) is 0 Å². The second-order valence-electron chi connectivity index (χ2n) is 8.44. The van der Waals surface area contributed by atoms with E-state index in [1.807, 2.05) is 23.1 Å². The number of piperidine rings is 3. The van der Waals surface area contributed by atoms with Gasteiger partial charge >= 0.3 is 6.03 Å². The van der Waals surface area contributed by atoms with Crippen LogP contribution in [0.1, 0.15) is 36.7 Å². The lowest BCUT2D eigenvalue weighted by Crippen LogP contribution is -2.57. The van der Waals surface area contributed by atoms with E-state index in [9.17, 15) is 9.59 Å². The quantitative estimate of drug-likeness (QED) is 0.810. The number of fused-ring (bicyclic) bond motifs is 4. The minimum atomic E-state index is -0.117. The molecule has 4 aliphatic rings. The number of hydrogen-bond donors (Lipinski definition) is 2. The molecule has 1 atom stereocenters. The van der Waals surface area contributed by atoms with Crippen molar-refractivity contribution >= 4 is 28.5 Å². The number of amides is 3. The van der Waals surface area contributed by atoms with Gasteiger partial charge in [0, 0.05) is 43.3 Å². The molecule has 0 aliphatic carbocycles. The van der Waals surface area contributed by atoms with Crippen LogP contribution < -0.4 is 10.2 Å². The molecule has 8 heteroatoms. The van der Waals surface area contributed by atoms with Gasteiger partial charge in [-0.25, -0.2) is 4.79 Å². The van der Waals surface area contributed by atoms with E-state index in [0.717, 1.165) is 68.6 Å². The highest BCUT2D eigenvalue weighted by atomic mass is 16.2. The lowest BCUT2D eigenvalue weighted by Gasteiger charge is -2.44. The van der Waals surface area contributed by atoms with Crippen molar-refractivity contribution < 1.29 is 9.59 Å². The van der Waals surface area contributed by atoms with E-state index < -0.39 is 0 Å². The minimum Gasteiger partial charge on any atom is -0.346 e. The molecule has 6 rings (SSSR count). The largest absolute Gasteiger partial charge is 0.346 e. The van der Waals surface area contributed by atoms with Crippen LogP contribution in [0.4, 0.5) is 10.5 Å². The van der Waals surface area contributed by atoms with E-state index in [2.05, 4.69) is 27.3 Å². The van der Waals surface area contributed by atoms with Gasteiger partial charge in [-0.15, -0.1) is 0 Å². The Morgan fingerprint density at radius 1 is 1.24 bits per heavy atom. The van der Waals surface area contributed by atoms with Gasteiger partial charge in [-0.05, 0) is 56.5 Å². The molecule has 29 heavy (non-hydrogen) atoms. The highest BCUT2D eigenvalue weighted by Gasteiger charge is 2.35. The third-order valence-electron chi connectivity index (χ3n) is 6.63. The van der Waals surface area contributed by atoms with Gasteiger partial charge in [0.15, 0.2) is 5.69 Å². The zero-order chi connectivity index (χ0) is 20.0. The summed E-state index contributed by atoms with van der Waals surface area (Å²) < 4.78 is 0. The molecule has 0 radical (unpaired) electrons. The number of urea groups is 1. The summed E-state index contributed by atoms with van der Waals surface area (Å²) in [6.07, 6.45) is 3.28. The molecule has 5 heterocycles. The van der Waals surface area contributed by atoms with Crippen LogP contribution in [0.15, 0.2) is 18.2 Å². The molecule has 0 saturated carbocycles. The normalized spacial score (nSPS) is 26.5. The second-order valence-corrected chi connectivity index (χ2v) is 8.44. The van der Waals surface area contributed by atoms with Gasteiger partial charge in [0.1, 0.15) is 0 Å². The van der Waals surface area contributed by atoms with E-state index in [0.29, 0.717) is 18.2 Å². The minimum absolute atomic E-state index is 0.0473. The number of hydrogen-bond acceptors (Lipinski definition) is 4. The number of nitrogens with zero attached hydrogens (tertiary/aromatic N) is 4. The Morgan fingerprint density at radius 3 is 2.79 bits per heavy atom. The standard InChI is InChI=1S/C21H28N6O2/c1-2-7-26-10-11-27(21(26)29)15-3-4-16-17(12-15)23-24-19(16)20(28)22-18-13-25-8-5-14(18)6-9-25/h3-4,12,14,18H,2,5-11,13H2,1H3,(H,22,28)(H,23,24)/t18-/m0/s1. The first-order valence-electron chi connectivity index (χ1n) is 10.7. The van der Waals surface area contributed by atoms with Gasteiger partial charge in [0.05, 0.1) is 5.52 Å². The van der Waals surface area contributed by atoms with Crippen LogP contribution in [0.3, 0.4) is 0 Å². The van der Waals surface area contributed by atoms with Crippen molar-refractivity contribution in [2.75, 3.05) is 44.2 Å². The van der Waals surface area contributed by atoms with Crippen molar-refractivity contribution in [1.29, 1.82) is 0 Å². The topological polar surface area (TPSA) is 84.6 Å². The summed E-state index contributed by atoms with van der Waals surface area (Å²) in [6.45, 7) is 7.53. The van der Waals surface area contributed by atoms with Gasteiger partial charge < -0.3 is 15.1 Å². The first-order chi connectivity index (χ1) is 14.1. The molecule has 2 N–H and O–H groups in total. The zero-order valence-corrected chi connectivity index (χ0v) is 16.9. The molecular weight excluding hydrogens is 368 g/mol. The molecule has 4 aliphatic heterocycles. The third-order valence-corrected chi connectivity index (χ3v) is 6.63. The van der Waals surface area contributed by atoms with Gasteiger partial charge in [-0.3, -0.25) is 14.8 Å². The molecule has 1 aromatic carbocycles. The predicted molar refractivity (Wildman–Crippen MR) is 111 cm³/mol. The maximum Gasteiger partial charge on any atom is 0.324 e. The second kappa shape index (κ2) is 7.33. The number of rotatable bonds is 5. The number of anilines is 1. The zero-order valence-electron chi connectivity index (χ0n) is 16.9. The maximum absolute atomic E-state index is 12.9. The Bertz CT molecular complexity index is 932. The first-order valence-corrected chi connectivity index (χ1v) is 10.7. The number of aromatic amines is 1. The van der Waals surface area contributed by atoms with Crippen LogP contribution in [-0.4, -0.2) is 77.2 Å². The fraction of sp³-hybridized carbons (Fsp3) is 0.571. The van der Waals surface area contributed by atoms with Gasteiger partial charge in [-0.1, -0.05) is 6.92 Å². The highest BCUT2D eigenvalue weighted by Crippen LogP contribution is 2.29. The lowest BCUT2D eigenvalue weighted by atomic mass is 9.84. The monoisotopic (exact) mass is 396 g/mol. The summed E-state index contributed by atoms with van der Waals surface area (Å²) in [5.74, 6) is 0.460. The summed E-state index contributed by atoms with van der Waals surface area (Å²) in [4.78, 5) is 31.6. The van der Waals surface area contributed by atoms with Gasteiger partial charge in [0.25, 0.3) is 5.91 Å². The number of aromatic nitrogens is 2. The molecule has 4 saturated heterocycles. The van der Waals surface area contributed by atoms with Crippen molar-refractivity contribution in [3.63, 3.8) is 0 Å². The van der Waals surface area contributed by atoms with E-state index in [1.54, 1.807) is 4.90 Å². The molecule has 3 amide bonds. The molecular formula is C21H28N6O2. The predicted octanol–water partition coefficient (Wildman–Crippen LogP) is 2.04. The summed E-state index contributed by atoms with van der Waals surface area (Å²) >= 11 is 0. The van der Waals surface area contributed by atoms with Crippen molar-refractivity contribution in [3.05, 3.63) is 23.9 Å². The van der Waals surface area contributed by atoms with Gasteiger partial charge in [-0.2, -0.15) is 5.10 Å². The highest BCUT2D eigenvalue weighted by molar-refractivity contribution is 6.06. The molecule has 2 aromatic rings. The SMILES string of the molecule is CCCN1CCN(c2ccc3c(C(=O)N[C@H]4CN5CCC4CC5)n[nH]c3c2)C1=O. The van der Waals surface area contributed by atoms with E-state index >= 15 is 0 Å². The third kappa shape index (κ3) is 3.25. The summed E-state index contributed by atoms with van der Waals surface area (Å²) in [7, 11) is 0. The van der Waals surface area contributed by atoms with Crippen LogP contribution in [0.2, 0.25) is 0 Å². The Labute approximate surface area is 170 Å². The maximum atomic E-state index is 12.9. The Morgan fingerprint density at radius 2 is 2.07 bits per heavy atom. The van der Waals surface area contributed by atoms with Crippen molar-refractivity contribution in [2.24, 2.45) is 5.92 Å². The summed E-state index contributed by atoms with van der Waals surface area (Å²) in [6, 6.07) is 5.99. The Hall–Kier alpha value is -2.61. The smallest absolute Gasteiger partial charge is 0.324 e. The molecule has 1 aromatic heterocycles. The van der Waals surface area contributed by atoms with E-state index in [1.165, 1.54) is 0 Å². The van der Waals surface area contributed by atoms with E-state index in [-0.39, 0.29) is 18.0 Å². The Balaban J connectivity index is 1.33. The average Bonchev–Trinajstić information content (AvgIpc) is 3.32. The Kier molecular flexibility index (Phi) is 4.66. The molecule has 8 nitrogen and oxygen atoms in total. The van der Waals surface area contributed by atoms with Crippen LogP contribution in [0, 0.1) is 5.92 Å². The molecule has 154 valence electrons. The lowest BCUT2D eigenvalue weighted by molar-refractivity contribution is 0.0618.